The lowest BCUT2D eigenvalue weighted by atomic mass is 9.99. The summed E-state index contributed by atoms with van der Waals surface area (Å²) >= 11 is 6.01. The van der Waals surface area contributed by atoms with Crippen molar-refractivity contribution >= 4 is 58.1 Å². The number of esters is 1. The zero-order valence-corrected chi connectivity index (χ0v) is 27.6. The Bertz CT molecular complexity index is 1780. The number of nitrogens with zero attached hydrogens (tertiary/aromatic N) is 4. The summed E-state index contributed by atoms with van der Waals surface area (Å²) in [4.78, 5) is 26.0. The summed E-state index contributed by atoms with van der Waals surface area (Å²) in [5, 5.41) is 7.96. The third-order valence-corrected chi connectivity index (χ3v) is 9.59. The fraction of sp³-hybridized carbons (Fsp3) is 0.419. The van der Waals surface area contributed by atoms with Crippen LogP contribution in [-0.4, -0.2) is 57.9 Å². The molecule has 0 bridgehead atoms. The molecule has 0 saturated carbocycles. The molecule has 1 saturated heterocycles. The summed E-state index contributed by atoms with van der Waals surface area (Å²) in [5.74, 6) is 3.18. The predicted molar refractivity (Wildman–Crippen MR) is 178 cm³/mol. The van der Waals surface area contributed by atoms with Crippen molar-refractivity contribution in [3.8, 4) is 18.1 Å². The molecule has 238 valence electrons. The van der Waals surface area contributed by atoms with Gasteiger partial charge >= 0.3 is 12.6 Å². The second-order valence-electron chi connectivity index (χ2n) is 12.0. The Balaban J connectivity index is 1.37. The third kappa shape index (κ3) is 7.54. The van der Waals surface area contributed by atoms with Gasteiger partial charge < -0.3 is 29.6 Å². The fourth-order valence-electron chi connectivity index (χ4n) is 4.94. The van der Waals surface area contributed by atoms with E-state index >= 15 is 0 Å². The molecule has 1 aliphatic rings. The van der Waals surface area contributed by atoms with Gasteiger partial charge in [-0.3, -0.25) is 9.36 Å². The lowest BCUT2D eigenvalue weighted by Crippen LogP contribution is -2.36. The van der Waals surface area contributed by atoms with Gasteiger partial charge in [0.25, 0.3) is 0 Å². The van der Waals surface area contributed by atoms with Crippen LogP contribution in [-0.2, 0) is 30.6 Å². The van der Waals surface area contributed by atoms with E-state index in [1.165, 1.54) is 0 Å². The number of ether oxygens (including phenoxy) is 2. The molecule has 0 spiro atoms. The number of carbonyl (C=O) groups is 1. The molecule has 14 heteroatoms. The van der Waals surface area contributed by atoms with Crippen LogP contribution in [0.25, 0.3) is 21.9 Å². The average Bonchev–Trinajstić information content (AvgIpc) is 3.62. The molecular formula is C31H38N7O5PS. The molecule has 45 heavy (non-hydrogen) atoms. The van der Waals surface area contributed by atoms with Crippen LogP contribution in [0.15, 0.2) is 48.8 Å². The van der Waals surface area contributed by atoms with E-state index in [0.29, 0.717) is 29.2 Å². The second-order valence-corrected chi connectivity index (χ2v) is 15.2. The van der Waals surface area contributed by atoms with Crippen molar-refractivity contribution in [2.24, 2.45) is 11.3 Å². The van der Waals surface area contributed by atoms with Gasteiger partial charge in [-0.05, 0) is 42.0 Å². The Morgan fingerprint density at radius 1 is 1.27 bits per heavy atom. The molecule has 0 aliphatic carbocycles. The molecule has 0 radical (unpaired) electrons. The van der Waals surface area contributed by atoms with Crippen molar-refractivity contribution in [2.45, 2.75) is 52.5 Å². The summed E-state index contributed by atoms with van der Waals surface area (Å²) in [6.45, 7) is 4.60. The minimum atomic E-state index is -3.35. The number of hydrogen-bond donors (Lipinski definition) is 3. The van der Waals surface area contributed by atoms with Gasteiger partial charge in [0.1, 0.15) is 11.8 Å². The van der Waals surface area contributed by atoms with Crippen molar-refractivity contribution in [3.05, 3.63) is 48.8 Å². The van der Waals surface area contributed by atoms with Crippen LogP contribution < -0.4 is 20.7 Å². The van der Waals surface area contributed by atoms with E-state index < -0.39 is 31.0 Å². The first-order valence-electron chi connectivity index (χ1n) is 14.6. The van der Waals surface area contributed by atoms with Gasteiger partial charge in [-0.1, -0.05) is 63.1 Å². The molecule has 12 nitrogen and oxygen atoms in total. The molecule has 1 fully saturated rings. The van der Waals surface area contributed by atoms with Crippen LogP contribution in [0.4, 0.5) is 11.8 Å². The number of rotatable bonds is 11. The first-order valence-corrected chi connectivity index (χ1v) is 17.2. The third-order valence-electron chi connectivity index (χ3n) is 7.11. The monoisotopic (exact) mass is 651 g/mol. The lowest BCUT2D eigenvalue weighted by Gasteiger charge is -2.28. The Morgan fingerprint density at radius 3 is 2.76 bits per heavy atom. The maximum absolute atomic E-state index is 12.9. The number of benzene rings is 2. The number of terminal acetylenes is 1. The van der Waals surface area contributed by atoms with Gasteiger partial charge in [-0.15, -0.1) is 6.42 Å². The molecule has 2 aromatic carbocycles. The van der Waals surface area contributed by atoms with Crippen molar-refractivity contribution in [1.29, 1.82) is 0 Å². The molecule has 0 amide bonds. The maximum atomic E-state index is 12.9. The molecule has 5 rings (SSSR count). The van der Waals surface area contributed by atoms with E-state index in [1.54, 1.807) is 24.9 Å². The van der Waals surface area contributed by atoms with Crippen LogP contribution in [0.3, 0.4) is 0 Å². The van der Waals surface area contributed by atoms with Gasteiger partial charge in [0, 0.05) is 12.4 Å². The van der Waals surface area contributed by atoms with Crippen molar-refractivity contribution in [3.63, 3.8) is 0 Å². The number of anilines is 2. The number of aromatic nitrogens is 4. The highest BCUT2D eigenvalue weighted by Gasteiger charge is 2.39. The van der Waals surface area contributed by atoms with Crippen molar-refractivity contribution in [2.75, 3.05) is 31.3 Å². The highest BCUT2D eigenvalue weighted by atomic mass is 32.5. The van der Waals surface area contributed by atoms with E-state index in [4.69, 9.17) is 42.5 Å². The van der Waals surface area contributed by atoms with E-state index in [2.05, 4.69) is 31.3 Å². The number of fused-ring (bicyclic) bond motifs is 2. The summed E-state index contributed by atoms with van der Waals surface area (Å²) in [7, 11) is 1.73. The lowest BCUT2D eigenvalue weighted by molar-refractivity contribution is -0.148. The Labute approximate surface area is 267 Å². The summed E-state index contributed by atoms with van der Waals surface area (Å²) in [6, 6.07) is 12.7. The first kappa shape index (κ1) is 32.6. The number of nitrogen functional groups attached to an aromatic ring is 1. The second kappa shape index (κ2) is 13.3. The SMILES string of the molecule is C#C[C@H]1C[C@@H](CO[P@@](=S)(N[C@@H](C)C(=O)OCC(C)(C)C)Oc2cccc3ccccc23)O[C@H]1n1cnc2c(NC)nc(N)nc21. The highest BCUT2D eigenvalue weighted by Crippen LogP contribution is 2.48. The standard InChI is InChI=1S/C31H38N7O5PS/c1-7-20-15-22(42-28(20)38-18-34-25-26(33-6)35-30(32)36-27(25)38)16-41-44(45,37-19(2)29(39)40-17-31(3,4)5)43-24-14-10-12-21-11-8-9-13-23(21)24/h1,8-14,18-20,22,28H,15-17H2,2-6H3,(H,37,45)(H3,32,33,35,36)/t19-,20-,22-,28+,44-/m0/s1. The highest BCUT2D eigenvalue weighted by molar-refractivity contribution is 8.09. The van der Waals surface area contributed by atoms with Crippen LogP contribution in [0.1, 0.15) is 40.3 Å². The summed E-state index contributed by atoms with van der Waals surface area (Å²) in [5.41, 5.74) is 6.79. The number of hydrogen-bond acceptors (Lipinski definition) is 11. The molecule has 1 aliphatic heterocycles. The van der Waals surface area contributed by atoms with Crippen LogP contribution >= 0.6 is 6.64 Å². The minimum absolute atomic E-state index is 0.0546. The number of nitrogens with one attached hydrogen (secondary N) is 2. The Morgan fingerprint density at radius 2 is 2.02 bits per heavy atom. The van der Waals surface area contributed by atoms with Gasteiger partial charge in [0.15, 0.2) is 23.2 Å². The topological polar surface area (TPSA) is 148 Å². The van der Waals surface area contributed by atoms with E-state index in [9.17, 15) is 4.79 Å². The summed E-state index contributed by atoms with van der Waals surface area (Å²) in [6.07, 6.45) is 7.01. The van der Waals surface area contributed by atoms with E-state index in [-0.39, 0.29) is 30.5 Å². The van der Waals surface area contributed by atoms with E-state index in [0.717, 1.165) is 10.8 Å². The number of imidazole rings is 1. The quantitative estimate of drug-likeness (QED) is 0.114. The van der Waals surface area contributed by atoms with Gasteiger partial charge in [0.05, 0.1) is 31.6 Å². The van der Waals surface area contributed by atoms with Crippen molar-refractivity contribution < 1.29 is 23.3 Å². The number of nitrogens with two attached hydrogens (primary N) is 1. The minimum Gasteiger partial charge on any atom is -0.464 e. The first-order chi connectivity index (χ1) is 21.4. The molecule has 4 N–H and O–H groups in total. The normalized spacial score (nSPS) is 20.4. The molecule has 2 aromatic heterocycles. The summed E-state index contributed by atoms with van der Waals surface area (Å²) < 4.78 is 26.5. The smallest absolute Gasteiger partial charge is 0.323 e. The van der Waals surface area contributed by atoms with Crippen LogP contribution in [0.2, 0.25) is 0 Å². The predicted octanol–water partition coefficient (Wildman–Crippen LogP) is 5.03. The zero-order valence-electron chi connectivity index (χ0n) is 25.9. The van der Waals surface area contributed by atoms with Crippen LogP contribution in [0, 0.1) is 23.7 Å². The van der Waals surface area contributed by atoms with Crippen molar-refractivity contribution in [1.82, 2.24) is 24.6 Å². The van der Waals surface area contributed by atoms with Crippen LogP contribution in [0.5, 0.6) is 5.75 Å². The molecular weight excluding hydrogens is 613 g/mol. The van der Waals surface area contributed by atoms with Gasteiger partial charge in [-0.2, -0.15) is 9.97 Å². The number of carbonyl (C=O) groups excluding carboxylic acids is 1. The fourth-order valence-corrected chi connectivity index (χ4v) is 7.37. The zero-order chi connectivity index (χ0) is 32.4. The Kier molecular flexibility index (Phi) is 9.63. The molecule has 0 unspecified atom stereocenters. The molecule has 3 heterocycles. The van der Waals surface area contributed by atoms with Gasteiger partial charge in [-0.25, -0.2) is 10.1 Å². The average molecular weight is 652 g/mol. The molecule has 5 atom stereocenters. The Hall–Kier alpha value is -3.79. The van der Waals surface area contributed by atoms with E-state index in [1.807, 2.05) is 63.2 Å². The van der Waals surface area contributed by atoms with Gasteiger partial charge in [0.2, 0.25) is 5.95 Å². The molecule has 4 aromatic rings. The maximum Gasteiger partial charge on any atom is 0.323 e. The largest absolute Gasteiger partial charge is 0.464 e.